The predicted octanol–water partition coefficient (Wildman–Crippen LogP) is 5.89. The molecule has 1 atom stereocenters. The molecule has 2 N–H and O–H groups in total. The summed E-state index contributed by atoms with van der Waals surface area (Å²) in [5.41, 5.74) is -3.06. The molecule has 2 aromatic carbocycles. The van der Waals surface area contributed by atoms with E-state index in [1.807, 2.05) is 0 Å². The number of anilines is 1. The molecule has 0 saturated carbocycles. The number of hydrogen-bond acceptors (Lipinski definition) is 3. The van der Waals surface area contributed by atoms with Gasteiger partial charge in [0.2, 0.25) is 0 Å². The number of nitrogens with two attached hydrogens (primary N) is 1. The van der Waals surface area contributed by atoms with Crippen LogP contribution < -0.4 is 5.73 Å². The fourth-order valence-corrected chi connectivity index (χ4v) is 2.92. The van der Waals surface area contributed by atoms with Crippen molar-refractivity contribution in [1.82, 2.24) is 0 Å². The highest BCUT2D eigenvalue weighted by Gasteiger charge is 2.63. The molecule has 0 amide bonds. The Labute approximate surface area is 162 Å². The van der Waals surface area contributed by atoms with Crippen molar-refractivity contribution in [2.75, 3.05) is 5.73 Å². The molecular formula is C18H11F9N2O. The van der Waals surface area contributed by atoms with Crippen molar-refractivity contribution >= 4 is 11.4 Å². The number of hydrogen-bond donors (Lipinski definition) is 1. The Kier molecular flexibility index (Phi) is 4.94. The van der Waals surface area contributed by atoms with E-state index in [-0.39, 0.29) is 35.2 Å². The zero-order chi connectivity index (χ0) is 22.5. The van der Waals surface area contributed by atoms with Crippen LogP contribution in [0.4, 0.5) is 45.2 Å². The first-order chi connectivity index (χ1) is 13.6. The van der Waals surface area contributed by atoms with Crippen molar-refractivity contribution in [2.45, 2.75) is 30.6 Å². The van der Waals surface area contributed by atoms with Crippen LogP contribution in [0, 0.1) is 0 Å². The van der Waals surface area contributed by atoms with E-state index in [4.69, 9.17) is 5.73 Å². The molecule has 0 spiro atoms. The number of benzene rings is 2. The van der Waals surface area contributed by atoms with Gasteiger partial charge in [-0.3, -0.25) is 0 Å². The Bertz CT molecular complexity index is 943. The number of nitrogen functional groups attached to an aromatic ring is 1. The molecule has 0 aliphatic carbocycles. The van der Waals surface area contributed by atoms with Crippen LogP contribution in [0.2, 0.25) is 0 Å². The standard InChI is InChI=1S/C18H11F9N2O/c19-16(20,21)11-5-10(6-12(7-11)17(22,23)24)15(18(25,26)27)8-14(29-30-15)9-1-3-13(28)4-2-9/h1-7H,8,28H2. The summed E-state index contributed by atoms with van der Waals surface area (Å²) in [6.07, 6.45) is -17.1. The first-order valence-electron chi connectivity index (χ1n) is 8.11. The molecule has 0 radical (unpaired) electrons. The maximum Gasteiger partial charge on any atom is 0.435 e. The Morgan fingerprint density at radius 3 is 1.73 bits per heavy atom. The maximum atomic E-state index is 13.9. The molecule has 1 heterocycles. The first kappa shape index (κ1) is 21.8. The van der Waals surface area contributed by atoms with Crippen molar-refractivity contribution in [2.24, 2.45) is 5.16 Å². The van der Waals surface area contributed by atoms with Gasteiger partial charge in [0, 0.05) is 17.7 Å². The number of nitrogens with zero attached hydrogens (tertiary/aromatic N) is 1. The van der Waals surface area contributed by atoms with Crippen LogP contribution in [-0.4, -0.2) is 11.9 Å². The third-order valence-electron chi connectivity index (χ3n) is 4.48. The van der Waals surface area contributed by atoms with E-state index >= 15 is 0 Å². The minimum Gasteiger partial charge on any atom is -0.399 e. The number of oxime groups is 1. The lowest BCUT2D eigenvalue weighted by Crippen LogP contribution is -2.43. The van der Waals surface area contributed by atoms with Gasteiger partial charge in [-0.2, -0.15) is 39.5 Å². The van der Waals surface area contributed by atoms with Crippen LogP contribution in [-0.2, 0) is 22.8 Å². The summed E-state index contributed by atoms with van der Waals surface area (Å²) < 4.78 is 120. The zero-order valence-corrected chi connectivity index (χ0v) is 14.6. The lowest BCUT2D eigenvalue weighted by molar-refractivity contribution is -0.276. The van der Waals surface area contributed by atoms with Crippen LogP contribution in [0.25, 0.3) is 0 Å². The smallest absolute Gasteiger partial charge is 0.399 e. The Morgan fingerprint density at radius 2 is 1.30 bits per heavy atom. The van der Waals surface area contributed by atoms with Crippen LogP contribution >= 0.6 is 0 Å². The van der Waals surface area contributed by atoms with Crippen LogP contribution in [0.5, 0.6) is 0 Å². The van der Waals surface area contributed by atoms with Gasteiger partial charge in [0.05, 0.1) is 16.8 Å². The average Bonchev–Trinajstić information content (AvgIpc) is 3.07. The highest BCUT2D eigenvalue weighted by molar-refractivity contribution is 6.02. The molecule has 0 saturated heterocycles. The molecule has 12 heteroatoms. The topological polar surface area (TPSA) is 47.6 Å². The molecule has 0 fully saturated rings. The highest BCUT2D eigenvalue weighted by atomic mass is 19.4. The van der Waals surface area contributed by atoms with Gasteiger partial charge in [-0.15, -0.1) is 0 Å². The van der Waals surface area contributed by atoms with Gasteiger partial charge < -0.3 is 10.6 Å². The second-order valence-corrected chi connectivity index (χ2v) is 6.55. The van der Waals surface area contributed by atoms with E-state index < -0.39 is 47.2 Å². The van der Waals surface area contributed by atoms with E-state index in [9.17, 15) is 39.5 Å². The van der Waals surface area contributed by atoms with Gasteiger partial charge in [0.1, 0.15) is 0 Å². The highest BCUT2D eigenvalue weighted by Crippen LogP contribution is 2.50. The quantitative estimate of drug-likeness (QED) is 0.466. The summed E-state index contributed by atoms with van der Waals surface area (Å²) in [7, 11) is 0. The molecule has 0 aromatic heterocycles. The van der Waals surface area contributed by atoms with Crippen LogP contribution in [0.3, 0.4) is 0 Å². The Balaban J connectivity index is 2.15. The van der Waals surface area contributed by atoms with Gasteiger partial charge in [-0.05, 0) is 35.9 Å². The number of halogens is 9. The van der Waals surface area contributed by atoms with Crippen molar-refractivity contribution in [1.29, 1.82) is 0 Å². The van der Waals surface area contributed by atoms with Gasteiger partial charge in [0.15, 0.2) is 0 Å². The molecule has 3 rings (SSSR count). The lowest BCUT2D eigenvalue weighted by Gasteiger charge is -2.30. The molecule has 162 valence electrons. The zero-order valence-electron chi connectivity index (χ0n) is 14.6. The first-order valence-corrected chi connectivity index (χ1v) is 8.11. The lowest BCUT2D eigenvalue weighted by atomic mass is 9.84. The number of rotatable bonds is 2. The minimum atomic E-state index is -5.38. The van der Waals surface area contributed by atoms with Gasteiger partial charge in [0.25, 0.3) is 5.60 Å². The minimum absolute atomic E-state index is 0.00975. The molecule has 30 heavy (non-hydrogen) atoms. The summed E-state index contributed by atoms with van der Waals surface area (Å²) in [5.74, 6) is 0. The molecule has 1 unspecified atom stereocenters. The monoisotopic (exact) mass is 442 g/mol. The molecule has 3 nitrogen and oxygen atoms in total. The normalized spacial score (nSPS) is 20.1. The third-order valence-corrected chi connectivity index (χ3v) is 4.48. The summed E-state index contributed by atoms with van der Waals surface area (Å²) in [6.45, 7) is 0. The van der Waals surface area contributed by atoms with E-state index in [2.05, 4.69) is 9.99 Å². The van der Waals surface area contributed by atoms with Crippen molar-refractivity contribution < 1.29 is 44.4 Å². The van der Waals surface area contributed by atoms with E-state index in [0.29, 0.717) is 0 Å². The predicted molar refractivity (Wildman–Crippen MR) is 87.3 cm³/mol. The summed E-state index contributed by atoms with van der Waals surface area (Å²) in [4.78, 5) is 4.52. The molecule has 1 aliphatic heterocycles. The summed E-state index contributed by atoms with van der Waals surface area (Å²) >= 11 is 0. The van der Waals surface area contributed by atoms with E-state index in [0.717, 1.165) is 0 Å². The van der Waals surface area contributed by atoms with E-state index in [1.165, 1.54) is 24.3 Å². The third kappa shape index (κ3) is 3.90. The second kappa shape index (κ2) is 6.81. The van der Waals surface area contributed by atoms with Gasteiger partial charge >= 0.3 is 18.5 Å². The fourth-order valence-electron chi connectivity index (χ4n) is 2.92. The van der Waals surface area contributed by atoms with Crippen molar-refractivity contribution in [3.63, 3.8) is 0 Å². The fraction of sp³-hybridized carbons (Fsp3) is 0.278. The SMILES string of the molecule is Nc1ccc(C2=NOC(c3cc(C(F)(F)F)cc(C(F)(F)F)c3)(C(F)(F)F)C2)cc1. The molecule has 2 aromatic rings. The maximum absolute atomic E-state index is 13.9. The van der Waals surface area contributed by atoms with Crippen molar-refractivity contribution in [3.8, 4) is 0 Å². The molecule has 1 aliphatic rings. The second-order valence-electron chi connectivity index (χ2n) is 6.55. The summed E-state index contributed by atoms with van der Waals surface area (Å²) in [5, 5.41) is 3.31. The largest absolute Gasteiger partial charge is 0.435 e. The molecule has 0 bridgehead atoms. The summed E-state index contributed by atoms with van der Waals surface area (Å²) in [6, 6.07) is 5.02. The van der Waals surface area contributed by atoms with Gasteiger partial charge in [-0.1, -0.05) is 17.3 Å². The Morgan fingerprint density at radius 1 is 0.800 bits per heavy atom. The van der Waals surface area contributed by atoms with Gasteiger partial charge in [-0.25, -0.2) is 0 Å². The van der Waals surface area contributed by atoms with Crippen LogP contribution in [0.1, 0.15) is 28.7 Å². The average molecular weight is 442 g/mol. The Hall–Kier alpha value is -2.92. The van der Waals surface area contributed by atoms with E-state index in [1.54, 1.807) is 0 Å². The van der Waals surface area contributed by atoms with Crippen molar-refractivity contribution in [3.05, 3.63) is 64.7 Å². The number of alkyl halides is 9. The van der Waals surface area contributed by atoms with Crippen LogP contribution in [0.15, 0.2) is 47.6 Å². The molecular weight excluding hydrogens is 431 g/mol.